The third-order valence-electron chi connectivity index (χ3n) is 4.07. The number of fused-ring (bicyclic) bond motifs is 1. The van der Waals surface area contributed by atoms with E-state index in [2.05, 4.69) is 49.3 Å². The predicted octanol–water partition coefficient (Wildman–Crippen LogP) is 5.03. The molecule has 0 saturated carbocycles. The fourth-order valence-corrected chi connectivity index (χ4v) is 3.43. The minimum Gasteiger partial charge on any atom is -0.430 e. The van der Waals surface area contributed by atoms with Gasteiger partial charge in [-0.15, -0.1) is 5.54 Å². The average molecular weight is 334 g/mol. The van der Waals surface area contributed by atoms with Gasteiger partial charge in [0.1, 0.15) is 13.8 Å². The molecule has 1 fully saturated rings. The second kappa shape index (κ2) is 6.66. The van der Waals surface area contributed by atoms with Gasteiger partial charge in [-0.1, -0.05) is 68.0 Å². The summed E-state index contributed by atoms with van der Waals surface area (Å²) in [5, 5.41) is 2.29. The molecule has 1 unspecified atom stereocenters. The maximum absolute atomic E-state index is 12.5. The largest absolute Gasteiger partial charge is 0.430 e. The van der Waals surface area contributed by atoms with Crippen molar-refractivity contribution < 1.29 is 9.53 Å². The molecule has 0 N–H and O–H groups in total. The van der Waals surface area contributed by atoms with E-state index in [4.69, 9.17) is 4.74 Å². The van der Waals surface area contributed by atoms with E-state index in [0.29, 0.717) is 5.76 Å². The molecule has 3 heteroatoms. The molecular formula is C21H22O2Si. The van der Waals surface area contributed by atoms with Crippen LogP contribution in [0.25, 0.3) is 10.8 Å². The summed E-state index contributed by atoms with van der Waals surface area (Å²) >= 11 is 0. The highest BCUT2D eigenvalue weighted by atomic mass is 28.3. The average Bonchev–Trinajstić information content (AvgIpc) is 2.53. The second-order valence-corrected chi connectivity index (χ2v) is 12.0. The quantitative estimate of drug-likeness (QED) is 0.415. The summed E-state index contributed by atoms with van der Waals surface area (Å²) < 4.78 is 5.55. The van der Waals surface area contributed by atoms with E-state index in [1.807, 2.05) is 24.3 Å². The Labute approximate surface area is 144 Å². The Morgan fingerprint density at radius 2 is 1.88 bits per heavy atom. The van der Waals surface area contributed by atoms with Gasteiger partial charge in [-0.05, 0) is 22.8 Å². The molecule has 0 aromatic heterocycles. The van der Waals surface area contributed by atoms with Gasteiger partial charge in [0.25, 0.3) is 0 Å². The van der Waals surface area contributed by atoms with E-state index in [-0.39, 0.29) is 11.9 Å². The van der Waals surface area contributed by atoms with Crippen LogP contribution in [0.5, 0.6) is 0 Å². The number of rotatable bonds is 1. The van der Waals surface area contributed by atoms with E-state index in [0.717, 1.165) is 29.2 Å². The van der Waals surface area contributed by atoms with Crippen LogP contribution < -0.4 is 0 Å². The highest BCUT2D eigenvalue weighted by Crippen LogP contribution is 2.34. The summed E-state index contributed by atoms with van der Waals surface area (Å²) in [5.74, 6) is 3.40. The van der Waals surface area contributed by atoms with Gasteiger partial charge in [0.05, 0.1) is 5.92 Å². The number of carbonyl (C=O) groups is 1. The molecule has 1 saturated heterocycles. The number of allylic oxidation sites excluding steroid dienone is 2. The van der Waals surface area contributed by atoms with E-state index in [9.17, 15) is 4.79 Å². The molecule has 1 aliphatic heterocycles. The van der Waals surface area contributed by atoms with E-state index >= 15 is 0 Å². The maximum atomic E-state index is 12.5. The van der Waals surface area contributed by atoms with E-state index in [1.165, 1.54) is 0 Å². The van der Waals surface area contributed by atoms with Crippen molar-refractivity contribution in [1.29, 1.82) is 0 Å². The van der Waals surface area contributed by atoms with Gasteiger partial charge in [-0.25, -0.2) is 0 Å². The lowest BCUT2D eigenvalue weighted by molar-refractivity contribution is -0.143. The van der Waals surface area contributed by atoms with Gasteiger partial charge in [-0.3, -0.25) is 4.79 Å². The Morgan fingerprint density at radius 3 is 2.62 bits per heavy atom. The Kier molecular flexibility index (Phi) is 4.59. The first-order valence-corrected chi connectivity index (χ1v) is 11.9. The van der Waals surface area contributed by atoms with Crippen LogP contribution in [-0.2, 0) is 9.53 Å². The summed E-state index contributed by atoms with van der Waals surface area (Å²) in [6.45, 7) is 6.59. The van der Waals surface area contributed by atoms with Crippen LogP contribution in [0.4, 0.5) is 0 Å². The van der Waals surface area contributed by atoms with Gasteiger partial charge in [0.2, 0.25) is 0 Å². The molecule has 1 atom stereocenters. The standard InChI is InChI=1S/C21H22O2Si/c1-24(2,3)15-7-10-17-13-14-20(21(22)23-17)19-12-6-9-16-8-4-5-11-18(16)19/h4-6,8-12,20H,13-14H2,1-3H3. The third-order valence-corrected chi connectivity index (χ3v) is 4.97. The zero-order valence-electron chi connectivity index (χ0n) is 14.4. The van der Waals surface area contributed by atoms with Crippen molar-refractivity contribution >= 4 is 24.8 Å². The normalized spacial score (nSPS) is 19.7. The van der Waals surface area contributed by atoms with Crippen molar-refractivity contribution in [2.45, 2.75) is 38.4 Å². The van der Waals surface area contributed by atoms with E-state index < -0.39 is 8.07 Å². The molecule has 3 rings (SSSR count). The summed E-state index contributed by atoms with van der Waals surface area (Å²) in [7, 11) is -1.40. The summed E-state index contributed by atoms with van der Waals surface area (Å²) in [4.78, 5) is 12.5. The van der Waals surface area contributed by atoms with Crippen LogP contribution in [-0.4, -0.2) is 14.0 Å². The lowest BCUT2D eigenvalue weighted by atomic mass is 9.88. The van der Waals surface area contributed by atoms with Crippen LogP contribution >= 0.6 is 0 Å². The predicted molar refractivity (Wildman–Crippen MR) is 101 cm³/mol. The zero-order chi connectivity index (χ0) is 17.2. The lowest BCUT2D eigenvalue weighted by Crippen LogP contribution is -2.21. The van der Waals surface area contributed by atoms with Crippen molar-refractivity contribution in [3.05, 3.63) is 59.9 Å². The number of hydrogen-bond donors (Lipinski definition) is 0. The van der Waals surface area contributed by atoms with Gasteiger partial charge in [0.15, 0.2) is 0 Å². The topological polar surface area (TPSA) is 26.3 Å². The highest BCUT2D eigenvalue weighted by Gasteiger charge is 2.29. The molecule has 1 heterocycles. The van der Waals surface area contributed by atoms with Crippen molar-refractivity contribution in [2.24, 2.45) is 0 Å². The molecule has 0 aliphatic carbocycles. The Bertz CT molecular complexity index is 857. The summed E-state index contributed by atoms with van der Waals surface area (Å²) in [6, 6.07) is 14.3. The number of cyclic esters (lactones) is 1. The molecule has 2 nitrogen and oxygen atoms in total. The van der Waals surface area contributed by atoms with Gasteiger partial charge >= 0.3 is 5.97 Å². The molecule has 0 radical (unpaired) electrons. The van der Waals surface area contributed by atoms with Crippen molar-refractivity contribution in [1.82, 2.24) is 0 Å². The Balaban J connectivity index is 1.82. The van der Waals surface area contributed by atoms with E-state index in [1.54, 1.807) is 6.08 Å². The minimum absolute atomic E-state index is 0.168. The molecule has 24 heavy (non-hydrogen) atoms. The Hall–Kier alpha value is -2.31. The number of ether oxygens (including phenoxy) is 1. The van der Waals surface area contributed by atoms with Crippen molar-refractivity contribution in [2.75, 3.05) is 0 Å². The third kappa shape index (κ3) is 3.77. The fourth-order valence-electron chi connectivity index (χ4n) is 2.93. The summed E-state index contributed by atoms with van der Waals surface area (Å²) in [5.41, 5.74) is 4.33. The van der Waals surface area contributed by atoms with Crippen LogP contribution in [0, 0.1) is 11.5 Å². The Morgan fingerprint density at radius 1 is 1.12 bits per heavy atom. The highest BCUT2D eigenvalue weighted by molar-refractivity contribution is 6.83. The zero-order valence-corrected chi connectivity index (χ0v) is 15.4. The van der Waals surface area contributed by atoms with Crippen molar-refractivity contribution in [3.63, 3.8) is 0 Å². The first-order chi connectivity index (χ1) is 11.4. The number of hydrogen-bond acceptors (Lipinski definition) is 2. The van der Waals surface area contributed by atoms with Crippen LogP contribution in [0.3, 0.4) is 0 Å². The molecule has 1 aliphatic rings. The molecule has 2 aromatic rings. The second-order valence-electron chi connectivity index (χ2n) is 7.21. The first kappa shape index (κ1) is 16.5. The van der Waals surface area contributed by atoms with Gasteiger partial charge < -0.3 is 4.74 Å². The number of esters is 1. The molecule has 0 bridgehead atoms. The smallest absolute Gasteiger partial charge is 0.318 e. The lowest BCUT2D eigenvalue weighted by Gasteiger charge is -2.23. The number of carbonyl (C=O) groups excluding carboxylic acids is 1. The van der Waals surface area contributed by atoms with Crippen LogP contribution in [0.15, 0.2) is 54.3 Å². The molecule has 122 valence electrons. The molecule has 0 spiro atoms. The SMILES string of the molecule is C[Si](C)(C)C#CC=C1CCC(c2cccc3ccccc23)C(=O)O1. The maximum Gasteiger partial charge on any atom is 0.318 e. The monoisotopic (exact) mass is 334 g/mol. The molecule has 0 amide bonds. The number of benzene rings is 2. The van der Waals surface area contributed by atoms with Gasteiger partial charge in [-0.2, -0.15) is 0 Å². The van der Waals surface area contributed by atoms with Gasteiger partial charge in [0, 0.05) is 12.5 Å². The minimum atomic E-state index is -1.40. The van der Waals surface area contributed by atoms with Crippen LogP contribution in [0.1, 0.15) is 24.3 Å². The molecule has 2 aromatic carbocycles. The fraction of sp³-hybridized carbons (Fsp3) is 0.286. The van der Waals surface area contributed by atoms with Crippen LogP contribution in [0.2, 0.25) is 19.6 Å². The van der Waals surface area contributed by atoms with Crippen molar-refractivity contribution in [3.8, 4) is 11.5 Å². The first-order valence-electron chi connectivity index (χ1n) is 8.35. The summed E-state index contributed by atoms with van der Waals surface area (Å²) in [6.07, 6.45) is 3.29. The molecular weight excluding hydrogens is 312 g/mol.